The van der Waals surface area contributed by atoms with Gasteiger partial charge in [0.1, 0.15) is 0 Å². The number of benzene rings is 2. The van der Waals surface area contributed by atoms with Crippen LogP contribution in [0.2, 0.25) is 5.02 Å². The Labute approximate surface area is 125 Å². The Morgan fingerprint density at radius 2 is 1.85 bits per heavy atom. The first-order chi connectivity index (χ1) is 9.70. The van der Waals surface area contributed by atoms with Gasteiger partial charge in [0.15, 0.2) is 0 Å². The van der Waals surface area contributed by atoms with E-state index in [4.69, 9.17) is 16.3 Å². The van der Waals surface area contributed by atoms with E-state index in [9.17, 15) is 0 Å². The summed E-state index contributed by atoms with van der Waals surface area (Å²) in [5.41, 5.74) is 3.69. The van der Waals surface area contributed by atoms with E-state index in [-0.39, 0.29) is 6.04 Å². The van der Waals surface area contributed by atoms with Gasteiger partial charge < -0.3 is 10.1 Å². The zero-order valence-corrected chi connectivity index (χ0v) is 12.7. The zero-order chi connectivity index (χ0) is 14.4. The first-order valence-electron chi connectivity index (χ1n) is 6.75. The molecule has 0 aliphatic heterocycles. The lowest BCUT2D eigenvalue weighted by atomic mass is 10.1. The van der Waals surface area contributed by atoms with Crippen molar-refractivity contribution in [1.29, 1.82) is 0 Å². The Morgan fingerprint density at radius 3 is 2.55 bits per heavy atom. The zero-order valence-electron chi connectivity index (χ0n) is 11.9. The van der Waals surface area contributed by atoms with Crippen LogP contribution in [0.3, 0.4) is 0 Å². The molecule has 1 N–H and O–H groups in total. The van der Waals surface area contributed by atoms with Gasteiger partial charge in [-0.05, 0) is 35.7 Å². The monoisotopic (exact) mass is 289 g/mol. The third kappa shape index (κ3) is 4.07. The number of ether oxygens (including phenoxy) is 1. The molecular formula is C17H20ClNO. The maximum atomic E-state index is 6.03. The van der Waals surface area contributed by atoms with Gasteiger partial charge in [-0.15, -0.1) is 0 Å². The standard InChI is InChI=1S/C17H20ClNO/c1-13(14-8-5-9-17(18)10-14)19-11-15-6-3-4-7-16(15)12-20-2/h3-10,13,19H,11-12H2,1-2H3/t13-/m0/s1. The van der Waals surface area contributed by atoms with Crippen molar-refractivity contribution in [2.45, 2.75) is 26.1 Å². The molecule has 2 rings (SSSR count). The van der Waals surface area contributed by atoms with Gasteiger partial charge in [-0.25, -0.2) is 0 Å². The SMILES string of the molecule is COCc1ccccc1CN[C@@H](C)c1cccc(Cl)c1. The number of hydrogen-bond donors (Lipinski definition) is 1. The van der Waals surface area contributed by atoms with Crippen molar-refractivity contribution < 1.29 is 4.74 Å². The van der Waals surface area contributed by atoms with E-state index in [2.05, 4.69) is 36.5 Å². The van der Waals surface area contributed by atoms with Gasteiger partial charge in [0.25, 0.3) is 0 Å². The van der Waals surface area contributed by atoms with Crippen LogP contribution in [0.1, 0.15) is 29.7 Å². The van der Waals surface area contributed by atoms with Crippen LogP contribution in [0.4, 0.5) is 0 Å². The summed E-state index contributed by atoms with van der Waals surface area (Å²) >= 11 is 6.03. The second-order valence-electron chi connectivity index (χ2n) is 4.86. The second kappa shape index (κ2) is 7.44. The van der Waals surface area contributed by atoms with Crippen molar-refractivity contribution >= 4 is 11.6 Å². The van der Waals surface area contributed by atoms with Crippen LogP contribution in [0.25, 0.3) is 0 Å². The lowest BCUT2D eigenvalue weighted by Gasteiger charge is -2.16. The predicted molar refractivity (Wildman–Crippen MR) is 83.9 cm³/mol. The molecule has 0 aliphatic rings. The first-order valence-corrected chi connectivity index (χ1v) is 7.13. The average molecular weight is 290 g/mol. The van der Waals surface area contributed by atoms with E-state index < -0.39 is 0 Å². The van der Waals surface area contributed by atoms with Crippen LogP contribution in [0.5, 0.6) is 0 Å². The fourth-order valence-corrected chi connectivity index (χ4v) is 2.38. The maximum Gasteiger partial charge on any atom is 0.0716 e. The van der Waals surface area contributed by atoms with Crippen molar-refractivity contribution in [2.75, 3.05) is 7.11 Å². The fraction of sp³-hybridized carbons (Fsp3) is 0.294. The van der Waals surface area contributed by atoms with Crippen LogP contribution >= 0.6 is 11.6 Å². The molecule has 0 unspecified atom stereocenters. The molecule has 0 bridgehead atoms. The summed E-state index contributed by atoms with van der Waals surface area (Å²) in [5, 5.41) is 4.30. The Hall–Kier alpha value is -1.35. The summed E-state index contributed by atoms with van der Waals surface area (Å²) in [5.74, 6) is 0. The lowest BCUT2D eigenvalue weighted by molar-refractivity contribution is 0.184. The number of halogens is 1. The van der Waals surface area contributed by atoms with Crippen LogP contribution < -0.4 is 5.32 Å². The summed E-state index contributed by atoms with van der Waals surface area (Å²) in [6.07, 6.45) is 0. The Bertz CT molecular complexity index is 556. The van der Waals surface area contributed by atoms with E-state index in [1.165, 1.54) is 16.7 Å². The van der Waals surface area contributed by atoms with Crippen LogP contribution in [0, 0.1) is 0 Å². The molecule has 0 saturated heterocycles. The highest BCUT2D eigenvalue weighted by Gasteiger charge is 2.07. The van der Waals surface area contributed by atoms with Gasteiger partial charge in [0, 0.05) is 24.7 Å². The van der Waals surface area contributed by atoms with E-state index in [1.54, 1.807) is 7.11 Å². The predicted octanol–water partition coefficient (Wildman–Crippen LogP) is 4.34. The third-order valence-electron chi connectivity index (χ3n) is 3.37. The highest BCUT2D eigenvalue weighted by Crippen LogP contribution is 2.18. The molecule has 0 aromatic heterocycles. The molecule has 3 heteroatoms. The number of methoxy groups -OCH3 is 1. The molecule has 1 atom stereocenters. The second-order valence-corrected chi connectivity index (χ2v) is 5.30. The van der Waals surface area contributed by atoms with Crippen molar-refractivity contribution in [1.82, 2.24) is 5.32 Å². The van der Waals surface area contributed by atoms with Crippen molar-refractivity contribution in [2.24, 2.45) is 0 Å². The summed E-state index contributed by atoms with van der Waals surface area (Å²) in [4.78, 5) is 0. The normalized spacial score (nSPS) is 12.3. The van der Waals surface area contributed by atoms with Gasteiger partial charge in [-0.3, -0.25) is 0 Å². The van der Waals surface area contributed by atoms with E-state index in [1.807, 2.05) is 24.3 Å². The minimum atomic E-state index is 0.254. The molecular weight excluding hydrogens is 270 g/mol. The van der Waals surface area contributed by atoms with Crippen molar-refractivity contribution in [3.05, 3.63) is 70.2 Å². The highest BCUT2D eigenvalue weighted by molar-refractivity contribution is 6.30. The van der Waals surface area contributed by atoms with Gasteiger partial charge in [0.2, 0.25) is 0 Å². The van der Waals surface area contributed by atoms with E-state index in [0.717, 1.165) is 11.6 Å². The fourth-order valence-electron chi connectivity index (χ4n) is 2.18. The molecule has 0 spiro atoms. The molecule has 0 saturated carbocycles. The van der Waals surface area contributed by atoms with Gasteiger partial charge in [-0.1, -0.05) is 48.0 Å². The minimum absolute atomic E-state index is 0.254. The highest BCUT2D eigenvalue weighted by atomic mass is 35.5. The van der Waals surface area contributed by atoms with Crippen molar-refractivity contribution in [3.63, 3.8) is 0 Å². The largest absolute Gasteiger partial charge is 0.380 e. The molecule has 20 heavy (non-hydrogen) atoms. The van der Waals surface area contributed by atoms with Gasteiger partial charge >= 0.3 is 0 Å². The number of nitrogens with one attached hydrogen (secondary N) is 1. The minimum Gasteiger partial charge on any atom is -0.380 e. The summed E-state index contributed by atoms with van der Waals surface area (Å²) < 4.78 is 5.23. The topological polar surface area (TPSA) is 21.3 Å². The first kappa shape index (κ1) is 15.0. The summed E-state index contributed by atoms with van der Waals surface area (Å²) in [6, 6.07) is 16.5. The number of rotatable bonds is 6. The molecule has 2 aromatic rings. The van der Waals surface area contributed by atoms with Crippen LogP contribution in [-0.4, -0.2) is 7.11 Å². The molecule has 0 aliphatic carbocycles. The molecule has 2 nitrogen and oxygen atoms in total. The van der Waals surface area contributed by atoms with E-state index >= 15 is 0 Å². The summed E-state index contributed by atoms with van der Waals surface area (Å²) in [6.45, 7) is 3.60. The van der Waals surface area contributed by atoms with Crippen molar-refractivity contribution in [3.8, 4) is 0 Å². The molecule has 0 fully saturated rings. The van der Waals surface area contributed by atoms with Crippen LogP contribution in [-0.2, 0) is 17.9 Å². The molecule has 0 radical (unpaired) electrons. The summed E-state index contributed by atoms with van der Waals surface area (Å²) in [7, 11) is 1.72. The lowest BCUT2D eigenvalue weighted by Crippen LogP contribution is -2.19. The Kier molecular flexibility index (Phi) is 5.60. The van der Waals surface area contributed by atoms with Gasteiger partial charge in [-0.2, -0.15) is 0 Å². The average Bonchev–Trinajstić information content (AvgIpc) is 2.46. The maximum absolute atomic E-state index is 6.03. The number of hydrogen-bond acceptors (Lipinski definition) is 2. The van der Waals surface area contributed by atoms with E-state index in [0.29, 0.717) is 6.61 Å². The molecule has 0 heterocycles. The quantitative estimate of drug-likeness (QED) is 0.854. The van der Waals surface area contributed by atoms with Crippen LogP contribution in [0.15, 0.2) is 48.5 Å². The third-order valence-corrected chi connectivity index (χ3v) is 3.60. The molecule has 2 aromatic carbocycles. The van der Waals surface area contributed by atoms with Gasteiger partial charge in [0.05, 0.1) is 6.61 Å². The Balaban J connectivity index is 2.01. The smallest absolute Gasteiger partial charge is 0.0716 e. The Morgan fingerprint density at radius 1 is 1.10 bits per heavy atom. The molecule has 106 valence electrons. The molecule has 0 amide bonds.